The number of nitrogens with zero attached hydrogens (tertiary/aromatic N) is 5. The minimum Gasteiger partial charge on any atom is -0.335 e. The second-order valence-electron chi connectivity index (χ2n) is 5.66. The smallest absolute Gasteiger partial charge is 0.293 e. The first-order valence-corrected chi connectivity index (χ1v) is 7.95. The summed E-state index contributed by atoms with van der Waals surface area (Å²) in [5.74, 6) is -0.562. The lowest BCUT2D eigenvalue weighted by molar-refractivity contribution is -0.134. The van der Waals surface area contributed by atoms with Gasteiger partial charge in [0.15, 0.2) is 0 Å². The van der Waals surface area contributed by atoms with Crippen LogP contribution in [-0.2, 0) is 11.3 Å². The largest absolute Gasteiger partial charge is 0.335 e. The van der Waals surface area contributed by atoms with Crippen LogP contribution in [0, 0.1) is 5.82 Å². The number of halogens is 1. The van der Waals surface area contributed by atoms with Gasteiger partial charge in [-0.05, 0) is 37.6 Å². The van der Waals surface area contributed by atoms with E-state index in [0.29, 0.717) is 12.1 Å². The molecule has 8 heteroatoms. The van der Waals surface area contributed by atoms with Crippen LogP contribution in [0.3, 0.4) is 0 Å². The van der Waals surface area contributed by atoms with Gasteiger partial charge in [0.05, 0.1) is 12.2 Å². The molecule has 0 saturated heterocycles. The lowest BCUT2D eigenvalue weighted by Gasteiger charge is -2.28. The van der Waals surface area contributed by atoms with Crippen LogP contribution in [0.2, 0.25) is 0 Å². The SMILES string of the molecule is CCN(C(=O)Cn1ncn2nccc2c1=O)[C@@H](C)c1ccc(F)cc1. The van der Waals surface area contributed by atoms with Gasteiger partial charge in [-0.3, -0.25) is 9.59 Å². The Kier molecular flexibility index (Phi) is 4.60. The molecular formula is C17H18FN5O2. The predicted molar refractivity (Wildman–Crippen MR) is 89.4 cm³/mol. The molecule has 3 aromatic rings. The van der Waals surface area contributed by atoms with Crippen LogP contribution in [-0.4, -0.2) is 36.7 Å². The quantitative estimate of drug-likeness (QED) is 0.706. The highest BCUT2D eigenvalue weighted by molar-refractivity contribution is 5.76. The fourth-order valence-electron chi connectivity index (χ4n) is 2.79. The molecule has 2 aromatic heterocycles. The van der Waals surface area contributed by atoms with E-state index in [1.807, 2.05) is 13.8 Å². The zero-order chi connectivity index (χ0) is 18.0. The van der Waals surface area contributed by atoms with Crippen LogP contribution in [0.5, 0.6) is 0 Å². The standard InChI is InChI=1S/C17H18FN5O2/c1-3-21(12(2)13-4-6-14(18)7-5-13)16(24)10-22-17(25)15-8-9-19-23(15)11-20-22/h4-9,11-12H,3,10H2,1-2H3/t12-/m0/s1. The Morgan fingerprint density at radius 2 is 1.96 bits per heavy atom. The zero-order valence-corrected chi connectivity index (χ0v) is 14.0. The van der Waals surface area contributed by atoms with Crippen molar-refractivity contribution in [3.8, 4) is 0 Å². The van der Waals surface area contributed by atoms with Crippen LogP contribution >= 0.6 is 0 Å². The maximum Gasteiger partial charge on any atom is 0.293 e. The number of rotatable bonds is 5. The second kappa shape index (κ2) is 6.84. The molecule has 0 saturated carbocycles. The molecule has 0 spiro atoms. The summed E-state index contributed by atoms with van der Waals surface area (Å²) in [5, 5.41) is 7.93. The molecule has 130 valence electrons. The lowest BCUT2D eigenvalue weighted by Crippen LogP contribution is -2.39. The van der Waals surface area contributed by atoms with E-state index in [1.165, 1.54) is 29.2 Å². The molecule has 0 bridgehead atoms. The molecule has 0 unspecified atom stereocenters. The zero-order valence-electron chi connectivity index (χ0n) is 14.0. The third-order valence-electron chi connectivity index (χ3n) is 4.19. The van der Waals surface area contributed by atoms with E-state index < -0.39 is 0 Å². The summed E-state index contributed by atoms with van der Waals surface area (Å²) in [6, 6.07) is 7.36. The van der Waals surface area contributed by atoms with Gasteiger partial charge in [0.1, 0.15) is 24.2 Å². The average molecular weight is 343 g/mol. The molecule has 0 radical (unpaired) electrons. The summed E-state index contributed by atoms with van der Waals surface area (Å²) < 4.78 is 15.6. The normalized spacial score (nSPS) is 12.3. The highest BCUT2D eigenvalue weighted by Gasteiger charge is 2.21. The van der Waals surface area contributed by atoms with Crippen molar-refractivity contribution in [3.05, 3.63) is 64.6 Å². The van der Waals surface area contributed by atoms with Crippen LogP contribution in [0.15, 0.2) is 47.7 Å². The van der Waals surface area contributed by atoms with E-state index in [4.69, 9.17) is 0 Å². The minimum absolute atomic E-state index is 0.167. The van der Waals surface area contributed by atoms with Crippen molar-refractivity contribution in [2.75, 3.05) is 6.54 Å². The van der Waals surface area contributed by atoms with E-state index in [9.17, 15) is 14.0 Å². The van der Waals surface area contributed by atoms with Gasteiger partial charge < -0.3 is 4.90 Å². The number of benzene rings is 1. The maximum absolute atomic E-state index is 13.1. The van der Waals surface area contributed by atoms with Crippen LogP contribution in [0.4, 0.5) is 4.39 Å². The van der Waals surface area contributed by atoms with Gasteiger partial charge in [0.2, 0.25) is 5.91 Å². The second-order valence-corrected chi connectivity index (χ2v) is 5.66. The first kappa shape index (κ1) is 16.8. The Morgan fingerprint density at radius 1 is 1.24 bits per heavy atom. The van der Waals surface area contributed by atoms with E-state index in [-0.39, 0.29) is 29.9 Å². The van der Waals surface area contributed by atoms with Gasteiger partial charge in [0.25, 0.3) is 5.56 Å². The Bertz CT molecular complexity index is 948. The third kappa shape index (κ3) is 3.28. The topological polar surface area (TPSA) is 72.5 Å². The molecule has 25 heavy (non-hydrogen) atoms. The number of hydrogen-bond donors (Lipinski definition) is 0. The van der Waals surface area contributed by atoms with Crippen molar-refractivity contribution in [2.45, 2.75) is 26.4 Å². The first-order chi connectivity index (χ1) is 12.0. The Labute approximate surface area is 143 Å². The number of fused-ring (bicyclic) bond motifs is 1. The fraction of sp³-hybridized carbons (Fsp3) is 0.294. The third-order valence-corrected chi connectivity index (χ3v) is 4.19. The van der Waals surface area contributed by atoms with Crippen LogP contribution in [0.25, 0.3) is 5.52 Å². The first-order valence-electron chi connectivity index (χ1n) is 7.95. The van der Waals surface area contributed by atoms with Crippen molar-refractivity contribution >= 4 is 11.4 Å². The van der Waals surface area contributed by atoms with Gasteiger partial charge >= 0.3 is 0 Å². The summed E-state index contributed by atoms with van der Waals surface area (Å²) in [6.07, 6.45) is 2.89. The number of amides is 1. The number of hydrogen-bond acceptors (Lipinski definition) is 4. The molecule has 0 N–H and O–H groups in total. The van der Waals surface area contributed by atoms with E-state index in [2.05, 4.69) is 10.2 Å². The summed E-state index contributed by atoms with van der Waals surface area (Å²) >= 11 is 0. The molecule has 0 aliphatic heterocycles. The molecule has 2 heterocycles. The lowest BCUT2D eigenvalue weighted by atomic mass is 10.1. The van der Waals surface area contributed by atoms with Gasteiger partial charge in [-0.25, -0.2) is 13.6 Å². The summed E-state index contributed by atoms with van der Waals surface area (Å²) in [4.78, 5) is 26.6. The summed E-state index contributed by atoms with van der Waals surface area (Å²) in [6.45, 7) is 4.01. The molecule has 1 amide bonds. The van der Waals surface area contributed by atoms with Crippen molar-refractivity contribution in [3.63, 3.8) is 0 Å². The summed E-state index contributed by atoms with van der Waals surface area (Å²) in [7, 11) is 0. The van der Waals surface area contributed by atoms with Crippen molar-refractivity contribution < 1.29 is 9.18 Å². The average Bonchev–Trinajstić information content (AvgIpc) is 3.08. The van der Waals surface area contributed by atoms with Crippen molar-refractivity contribution in [1.82, 2.24) is 24.3 Å². The van der Waals surface area contributed by atoms with E-state index >= 15 is 0 Å². The summed E-state index contributed by atoms with van der Waals surface area (Å²) in [5.41, 5.74) is 0.805. The number of carbonyl (C=O) groups is 1. The fourth-order valence-corrected chi connectivity index (χ4v) is 2.79. The van der Waals surface area contributed by atoms with Gasteiger partial charge in [0, 0.05) is 6.54 Å². The van der Waals surface area contributed by atoms with Crippen molar-refractivity contribution in [2.24, 2.45) is 0 Å². The number of likely N-dealkylation sites (N-methyl/N-ethyl adjacent to an activating group) is 1. The molecule has 1 aromatic carbocycles. The Hall–Kier alpha value is -3.03. The van der Waals surface area contributed by atoms with E-state index in [0.717, 1.165) is 10.2 Å². The molecule has 0 fully saturated rings. The van der Waals surface area contributed by atoms with Crippen molar-refractivity contribution in [1.29, 1.82) is 0 Å². The number of carbonyl (C=O) groups excluding carboxylic acids is 1. The highest BCUT2D eigenvalue weighted by atomic mass is 19.1. The van der Waals surface area contributed by atoms with Gasteiger partial charge in [-0.15, -0.1) is 0 Å². The highest BCUT2D eigenvalue weighted by Crippen LogP contribution is 2.20. The molecule has 0 aliphatic carbocycles. The van der Waals surface area contributed by atoms with Crippen LogP contribution < -0.4 is 5.56 Å². The monoisotopic (exact) mass is 343 g/mol. The van der Waals surface area contributed by atoms with Gasteiger partial charge in [-0.2, -0.15) is 10.2 Å². The minimum atomic E-state index is -0.376. The van der Waals surface area contributed by atoms with Crippen LogP contribution in [0.1, 0.15) is 25.5 Å². The predicted octanol–water partition coefficient (Wildman–Crippen LogP) is 1.64. The molecule has 1 atom stereocenters. The van der Waals surface area contributed by atoms with E-state index in [1.54, 1.807) is 23.1 Å². The number of aromatic nitrogens is 4. The molecule has 0 aliphatic rings. The molecular weight excluding hydrogens is 325 g/mol. The molecule has 3 rings (SSSR count). The Balaban J connectivity index is 1.83. The van der Waals surface area contributed by atoms with Gasteiger partial charge in [-0.1, -0.05) is 12.1 Å². The Morgan fingerprint density at radius 3 is 2.64 bits per heavy atom. The maximum atomic E-state index is 13.1. The molecule has 7 nitrogen and oxygen atoms in total.